The predicted molar refractivity (Wildman–Crippen MR) is 140 cm³/mol. The van der Waals surface area contributed by atoms with E-state index in [4.69, 9.17) is 40.9 Å². The van der Waals surface area contributed by atoms with Crippen LogP contribution >= 0.6 is 0 Å². The van der Waals surface area contributed by atoms with E-state index < -0.39 is 134 Å². The maximum Gasteiger partial charge on any atom is 0.339 e. The molecule has 44 heavy (non-hydrogen) atoms. The first kappa shape index (κ1) is 34.7. The Hall–Kier alpha value is -2.15. The number of para-hydroxylation sites is 1. The highest BCUT2D eigenvalue weighted by Gasteiger charge is 2.57. The van der Waals surface area contributed by atoms with E-state index in [1.54, 1.807) is 0 Å². The Kier molecular flexibility index (Phi) is 10.8. The van der Waals surface area contributed by atoms with Crippen molar-refractivity contribution in [3.8, 4) is 5.75 Å². The van der Waals surface area contributed by atoms with Crippen LogP contribution in [0.2, 0.25) is 0 Å². The molecule has 1 aromatic rings. The van der Waals surface area contributed by atoms with Crippen molar-refractivity contribution in [3.63, 3.8) is 0 Å². The van der Waals surface area contributed by atoms with Gasteiger partial charge in [0.2, 0.25) is 0 Å². The molecule has 250 valence electrons. The quantitative estimate of drug-likeness (QED) is 0.120. The first-order chi connectivity index (χ1) is 20.7. The lowest BCUT2D eigenvalue weighted by atomic mass is 9.80. The number of aliphatic hydroxyl groups excluding tert-OH is 8. The summed E-state index contributed by atoms with van der Waals surface area (Å²) in [5.41, 5.74) is 14.5. The van der Waals surface area contributed by atoms with Gasteiger partial charge in [0.1, 0.15) is 60.1 Å². The summed E-state index contributed by atoms with van der Waals surface area (Å²) in [7, 11) is 0. The van der Waals surface area contributed by atoms with Crippen LogP contribution in [-0.2, 0) is 29.3 Å². The van der Waals surface area contributed by atoms with Crippen molar-refractivity contribution in [1.82, 2.24) is 0 Å². The number of aliphatic hydroxyl groups is 8. The molecule has 15 atom stereocenters. The molecule has 19 heteroatoms. The summed E-state index contributed by atoms with van der Waals surface area (Å²) in [6, 6.07) is -0.998. The predicted octanol–water partition coefficient (Wildman–Crippen LogP) is -6.74. The Bertz CT molecular complexity index is 1150. The monoisotopic (exact) mass is 637 g/mol. The number of hydrogen-bond acceptors (Lipinski definition) is 18. The van der Waals surface area contributed by atoms with Crippen LogP contribution in [0.3, 0.4) is 0 Å². The molecule has 0 aliphatic carbocycles. The van der Waals surface area contributed by atoms with Gasteiger partial charge in [-0.25, -0.2) is 4.79 Å². The molecule has 0 spiro atoms. The summed E-state index contributed by atoms with van der Waals surface area (Å²) < 4.78 is 28.2. The number of carboxylic acid groups (broad SMARTS) is 1. The average molecular weight is 638 g/mol. The molecule has 2 unspecified atom stereocenters. The first-order valence-corrected chi connectivity index (χ1v) is 13.6. The maximum absolute atomic E-state index is 11.6. The zero-order valence-corrected chi connectivity index (χ0v) is 23.1. The molecule has 3 aliphatic rings. The molecule has 3 fully saturated rings. The van der Waals surface area contributed by atoms with Gasteiger partial charge in [0.25, 0.3) is 0 Å². The SMILES string of the molecule is N[C@H]1[C@@H](OC2[C@@H](CO)O[C@@H](OC3[C@@H](CO)O[C@@H](O)[C@H](N)[C@H]3O)[C@H](N)[C@H]2O)O[C@@](CO)(c2cccc(C(=O)O)c2O)[C@@H](O)[C@@H]1O. The van der Waals surface area contributed by atoms with Crippen LogP contribution in [0.15, 0.2) is 18.2 Å². The topological polar surface area (TPSA) is 344 Å². The lowest BCUT2D eigenvalue weighted by molar-refractivity contribution is -0.363. The van der Waals surface area contributed by atoms with Gasteiger partial charge >= 0.3 is 5.97 Å². The zero-order chi connectivity index (χ0) is 32.7. The molecule has 4 rings (SSSR count). The third kappa shape index (κ3) is 6.03. The number of benzene rings is 1. The van der Waals surface area contributed by atoms with E-state index in [-0.39, 0.29) is 0 Å². The normalized spacial score (nSPS) is 44.8. The van der Waals surface area contributed by atoms with E-state index >= 15 is 0 Å². The number of carbonyl (C=O) groups is 1. The summed E-state index contributed by atoms with van der Waals surface area (Å²) in [6.45, 7) is -2.67. The van der Waals surface area contributed by atoms with Gasteiger partial charge < -0.3 is 92.0 Å². The number of nitrogens with two attached hydrogens (primary N) is 3. The number of ether oxygens (including phenoxy) is 5. The van der Waals surface area contributed by atoms with E-state index in [0.717, 1.165) is 12.1 Å². The van der Waals surface area contributed by atoms with Gasteiger partial charge in [-0.3, -0.25) is 0 Å². The number of aromatic carboxylic acids is 1. The Labute approximate surface area is 249 Å². The first-order valence-electron chi connectivity index (χ1n) is 13.6. The Morgan fingerprint density at radius 3 is 1.93 bits per heavy atom. The molecular weight excluding hydrogens is 598 g/mol. The van der Waals surface area contributed by atoms with Gasteiger partial charge in [0.05, 0.1) is 37.9 Å². The molecule has 16 N–H and O–H groups in total. The van der Waals surface area contributed by atoms with Crippen LogP contribution < -0.4 is 17.2 Å². The van der Waals surface area contributed by atoms with E-state index in [0.29, 0.717) is 0 Å². The highest BCUT2D eigenvalue weighted by molar-refractivity contribution is 5.91. The lowest BCUT2D eigenvalue weighted by Crippen LogP contribution is -2.70. The smallest absolute Gasteiger partial charge is 0.339 e. The second kappa shape index (κ2) is 13.7. The number of phenols is 1. The largest absolute Gasteiger partial charge is 0.507 e. The molecule has 3 aliphatic heterocycles. The number of hydrogen-bond donors (Lipinski definition) is 13. The molecule has 0 amide bonds. The van der Waals surface area contributed by atoms with Crippen LogP contribution in [0.4, 0.5) is 0 Å². The molecule has 3 saturated heterocycles. The summed E-state index contributed by atoms with van der Waals surface area (Å²) in [5.74, 6) is -2.42. The Morgan fingerprint density at radius 2 is 1.36 bits per heavy atom. The molecule has 0 bridgehead atoms. The molecule has 0 saturated carbocycles. The minimum Gasteiger partial charge on any atom is -0.507 e. The Balaban J connectivity index is 1.59. The third-order valence-electron chi connectivity index (χ3n) is 8.20. The number of aromatic hydroxyl groups is 1. The van der Waals surface area contributed by atoms with Crippen LogP contribution in [0.5, 0.6) is 5.75 Å². The lowest BCUT2D eigenvalue weighted by Gasteiger charge is -2.51. The van der Waals surface area contributed by atoms with Gasteiger partial charge in [-0.2, -0.15) is 0 Å². The molecule has 1 aromatic carbocycles. The van der Waals surface area contributed by atoms with Crippen molar-refractivity contribution in [2.45, 2.75) is 91.4 Å². The third-order valence-corrected chi connectivity index (χ3v) is 8.20. The van der Waals surface area contributed by atoms with Crippen molar-refractivity contribution in [1.29, 1.82) is 0 Å². The fourth-order valence-corrected chi connectivity index (χ4v) is 5.58. The summed E-state index contributed by atoms with van der Waals surface area (Å²) in [5, 5.41) is 103. The van der Waals surface area contributed by atoms with Crippen LogP contribution in [0.1, 0.15) is 15.9 Å². The highest BCUT2D eigenvalue weighted by Crippen LogP contribution is 2.43. The van der Waals surface area contributed by atoms with Gasteiger partial charge in [-0.1, -0.05) is 12.1 Å². The van der Waals surface area contributed by atoms with Gasteiger partial charge in [-0.15, -0.1) is 0 Å². The second-order valence-electron chi connectivity index (χ2n) is 10.9. The van der Waals surface area contributed by atoms with E-state index in [1.807, 2.05) is 0 Å². The van der Waals surface area contributed by atoms with Gasteiger partial charge in [-0.05, 0) is 6.07 Å². The van der Waals surface area contributed by atoms with Crippen molar-refractivity contribution >= 4 is 5.97 Å². The summed E-state index contributed by atoms with van der Waals surface area (Å²) in [6.07, 6.45) is -17.9. The fourth-order valence-electron chi connectivity index (χ4n) is 5.58. The zero-order valence-electron chi connectivity index (χ0n) is 23.1. The van der Waals surface area contributed by atoms with Crippen LogP contribution in [0, 0.1) is 0 Å². The fraction of sp³-hybridized carbons (Fsp3) is 0.720. The molecule has 19 nitrogen and oxygen atoms in total. The van der Waals surface area contributed by atoms with Gasteiger partial charge in [0, 0.05) is 5.56 Å². The van der Waals surface area contributed by atoms with E-state index in [1.165, 1.54) is 6.07 Å². The highest BCUT2D eigenvalue weighted by atomic mass is 16.7. The van der Waals surface area contributed by atoms with Gasteiger partial charge in [0.15, 0.2) is 24.5 Å². The minimum atomic E-state index is -2.39. The van der Waals surface area contributed by atoms with Crippen molar-refractivity contribution in [2.75, 3.05) is 19.8 Å². The van der Waals surface area contributed by atoms with Crippen molar-refractivity contribution in [3.05, 3.63) is 29.3 Å². The van der Waals surface area contributed by atoms with Crippen LogP contribution in [0.25, 0.3) is 0 Å². The summed E-state index contributed by atoms with van der Waals surface area (Å²) in [4.78, 5) is 11.6. The van der Waals surface area contributed by atoms with Crippen molar-refractivity contribution in [2.24, 2.45) is 17.2 Å². The van der Waals surface area contributed by atoms with E-state index in [9.17, 15) is 55.9 Å². The molecule has 3 heterocycles. The molecule has 0 aromatic heterocycles. The molecular formula is C25H39N3O16. The summed E-state index contributed by atoms with van der Waals surface area (Å²) >= 11 is 0. The number of rotatable bonds is 9. The second-order valence-corrected chi connectivity index (χ2v) is 10.9. The Morgan fingerprint density at radius 1 is 0.818 bits per heavy atom. The number of carboxylic acids is 1. The molecule has 0 radical (unpaired) electrons. The standard InChI is InChI=1S/C25H39N3O16/c26-11-15(33)18(9(4-29)40-22(11)39)42-23-12(27)16(34)19(10(5-30)41-23)43-24-13(28)17(35)20(36)25(6-31,44-24)8-3-1-2-7(14(8)32)21(37)38/h1-3,9-13,15-20,22-24,29-36,39H,4-6,26-28H2,(H,37,38)/t9-,10-,11-,12-,13-,15-,16-,17-,18?,19?,20+,22-,23+,24+,25+/m1/s1. The minimum absolute atomic E-state index is 0.425. The average Bonchev–Trinajstić information content (AvgIpc) is 3.00. The van der Waals surface area contributed by atoms with Crippen molar-refractivity contribution < 1.29 is 79.5 Å². The van der Waals surface area contributed by atoms with E-state index in [2.05, 4.69) is 0 Å². The van der Waals surface area contributed by atoms with Crippen LogP contribution in [-0.4, -0.2) is 163 Å². The maximum atomic E-state index is 11.6.